The maximum atomic E-state index is 12.1. The van der Waals surface area contributed by atoms with Gasteiger partial charge >= 0.3 is 0 Å². The van der Waals surface area contributed by atoms with Crippen molar-refractivity contribution in [3.8, 4) is 5.88 Å². The van der Waals surface area contributed by atoms with Gasteiger partial charge in [-0.25, -0.2) is 9.97 Å². The highest BCUT2D eigenvalue weighted by molar-refractivity contribution is 6.03. The van der Waals surface area contributed by atoms with Crippen LogP contribution in [0.3, 0.4) is 0 Å². The van der Waals surface area contributed by atoms with E-state index in [9.17, 15) is 4.79 Å². The van der Waals surface area contributed by atoms with Crippen LogP contribution in [-0.2, 0) is 0 Å². The van der Waals surface area contributed by atoms with Crippen molar-refractivity contribution in [3.05, 3.63) is 47.4 Å². The smallest absolute Gasteiger partial charge is 0.274 e. The number of methoxy groups -OCH3 is 1. The summed E-state index contributed by atoms with van der Waals surface area (Å²) in [6.07, 6.45) is 1.30. The Morgan fingerprint density at radius 1 is 1.26 bits per heavy atom. The molecule has 2 rings (SSSR count). The molecule has 2 aromatic rings. The summed E-state index contributed by atoms with van der Waals surface area (Å²) in [5.41, 5.74) is 3.21. The number of hydrogen-bond donors (Lipinski definition) is 1. The number of hydrogen-bond acceptors (Lipinski definition) is 4. The molecule has 0 radical (unpaired) electrons. The molecule has 0 aliphatic heterocycles. The van der Waals surface area contributed by atoms with Crippen LogP contribution >= 0.6 is 0 Å². The van der Waals surface area contributed by atoms with Crippen molar-refractivity contribution in [1.29, 1.82) is 0 Å². The molecule has 0 aliphatic rings. The van der Waals surface area contributed by atoms with E-state index in [1.54, 1.807) is 0 Å². The molecule has 1 aromatic carbocycles. The highest BCUT2D eigenvalue weighted by Gasteiger charge is 2.11. The van der Waals surface area contributed by atoms with Gasteiger partial charge in [-0.15, -0.1) is 0 Å². The molecule has 19 heavy (non-hydrogen) atoms. The molecular formula is C14H15N3O2. The van der Waals surface area contributed by atoms with E-state index in [-0.39, 0.29) is 11.6 Å². The lowest BCUT2D eigenvalue weighted by Gasteiger charge is -2.10. The maximum absolute atomic E-state index is 12.1. The number of ether oxygens (including phenoxy) is 1. The number of nitrogens with one attached hydrogen (secondary N) is 1. The fourth-order valence-corrected chi connectivity index (χ4v) is 1.65. The van der Waals surface area contributed by atoms with Gasteiger partial charge in [-0.2, -0.15) is 0 Å². The van der Waals surface area contributed by atoms with Crippen LogP contribution in [0.4, 0.5) is 5.69 Å². The summed E-state index contributed by atoms with van der Waals surface area (Å²) in [7, 11) is 1.49. The minimum atomic E-state index is -0.283. The molecule has 0 fully saturated rings. The molecule has 0 spiro atoms. The van der Waals surface area contributed by atoms with Crippen LogP contribution in [0.2, 0.25) is 0 Å². The predicted molar refractivity (Wildman–Crippen MR) is 72.5 cm³/mol. The van der Waals surface area contributed by atoms with E-state index in [1.807, 2.05) is 32.0 Å². The van der Waals surface area contributed by atoms with Crippen molar-refractivity contribution in [3.63, 3.8) is 0 Å². The molecule has 5 heteroatoms. The molecular weight excluding hydrogens is 242 g/mol. The Bertz CT molecular complexity index is 611. The zero-order chi connectivity index (χ0) is 13.8. The average Bonchev–Trinajstić information content (AvgIpc) is 2.44. The third-order valence-corrected chi connectivity index (χ3v) is 2.94. The fourth-order valence-electron chi connectivity index (χ4n) is 1.65. The van der Waals surface area contributed by atoms with E-state index < -0.39 is 0 Å². The lowest BCUT2D eigenvalue weighted by Crippen LogP contribution is -2.15. The molecule has 0 saturated heterocycles. The van der Waals surface area contributed by atoms with E-state index in [4.69, 9.17) is 4.74 Å². The van der Waals surface area contributed by atoms with E-state index in [0.717, 1.165) is 16.8 Å². The normalized spacial score (nSPS) is 10.1. The zero-order valence-electron chi connectivity index (χ0n) is 11.1. The second-order valence-corrected chi connectivity index (χ2v) is 4.15. The summed E-state index contributed by atoms with van der Waals surface area (Å²) in [5.74, 6) is 0.0792. The first-order valence-corrected chi connectivity index (χ1v) is 5.85. The molecule has 1 N–H and O–H groups in total. The monoisotopic (exact) mass is 257 g/mol. The second kappa shape index (κ2) is 5.48. The minimum Gasteiger partial charge on any atom is -0.481 e. The first-order chi connectivity index (χ1) is 9.11. The number of rotatable bonds is 3. The second-order valence-electron chi connectivity index (χ2n) is 4.15. The van der Waals surface area contributed by atoms with E-state index in [1.165, 1.54) is 19.5 Å². The molecule has 0 unspecified atom stereocenters. The van der Waals surface area contributed by atoms with Crippen molar-refractivity contribution in [2.45, 2.75) is 13.8 Å². The Morgan fingerprint density at radius 3 is 2.79 bits per heavy atom. The Labute approximate surface area is 111 Å². The highest BCUT2D eigenvalue weighted by atomic mass is 16.5. The van der Waals surface area contributed by atoms with Crippen LogP contribution < -0.4 is 10.1 Å². The van der Waals surface area contributed by atoms with Gasteiger partial charge in [-0.05, 0) is 31.0 Å². The summed E-state index contributed by atoms with van der Waals surface area (Å²) in [4.78, 5) is 19.9. The molecule has 98 valence electrons. The highest BCUT2D eigenvalue weighted by Crippen LogP contribution is 2.18. The first-order valence-electron chi connectivity index (χ1n) is 5.85. The number of carbonyl (C=O) groups excluding carboxylic acids is 1. The van der Waals surface area contributed by atoms with Gasteiger partial charge in [0.05, 0.1) is 7.11 Å². The third-order valence-electron chi connectivity index (χ3n) is 2.94. The number of nitrogens with zero attached hydrogens (tertiary/aromatic N) is 2. The SMILES string of the molecule is COc1cc(C(=O)Nc2cccc(C)c2C)ncn1. The zero-order valence-corrected chi connectivity index (χ0v) is 11.1. The molecule has 5 nitrogen and oxygen atoms in total. The lowest BCUT2D eigenvalue weighted by molar-refractivity contribution is 0.102. The van der Waals surface area contributed by atoms with Crippen LogP contribution in [0.25, 0.3) is 0 Å². The van der Waals surface area contributed by atoms with Gasteiger partial charge in [-0.3, -0.25) is 4.79 Å². The van der Waals surface area contributed by atoms with Gasteiger partial charge in [-0.1, -0.05) is 12.1 Å². The van der Waals surface area contributed by atoms with Crippen LogP contribution in [0, 0.1) is 13.8 Å². The number of anilines is 1. The van der Waals surface area contributed by atoms with Crippen LogP contribution in [0.1, 0.15) is 21.6 Å². The van der Waals surface area contributed by atoms with Crippen molar-refractivity contribution in [2.24, 2.45) is 0 Å². The van der Waals surface area contributed by atoms with Gasteiger partial charge in [0.2, 0.25) is 5.88 Å². The van der Waals surface area contributed by atoms with Crippen LogP contribution in [-0.4, -0.2) is 23.0 Å². The lowest BCUT2D eigenvalue weighted by atomic mass is 10.1. The number of amides is 1. The van der Waals surface area contributed by atoms with Gasteiger partial charge < -0.3 is 10.1 Å². The van der Waals surface area contributed by atoms with Gasteiger partial charge in [0.25, 0.3) is 5.91 Å². The van der Waals surface area contributed by atoms with E-state index in [0.29, 0.717) is 5.88 Å². The molecule has 1 amide bonds. The van der Waals surface area contributed by atoms with Crippen molar-refractivity contribution < 1.29 is 9.53 Å². The number of aryl methyl sites for hydroxylation is 1. The third kappa shape index (κ3) is 2.88. The van der Waals surface area contributed by atoms with E-state index in [2.05, 4.69) is 15.3 Å². The van der Waals surface area contributed by atoms with Crippen molar-refractivity contribution >= 4 is 11.6 Å². The minimum absolute atomic E-state index is 0.271. The number of carbonyl (C=O) groups is 1. The first kappa shape index (κ1) is 13.0. The Kier molecular flexibility index (Phi) is 3.75. The maximum Gasteiger partial charge on any atom is 0.274 e. The molecule has 0 aliphatic carbocycles. The quantitative estimate of drug-likeness (QED) is 0.916. The standard InChI is InChI=1S/C14H15N3O2/c1-9-5-4-6-11(10(9)2)17-14(18)12-7-13(19-3)16-8-15-12/h4-8H,1-3H3,(H,17,18). The number of aromatic nitrogens is 2. The number of benzene rings is 1. The average molecular weight is 257 g/mol. The predicted octanol–water partition coefficient (Wildman–Crippen LogP) is 2.35. The van der Waals surface area contributed by atoms with Gasteiger partial charge in [0, 0.05) is 11.8 Å². The van der Waals surface area contributed by atoms with Crippen molar-refractivity contribution in [2.75, 3.05) is 12.4 Å². The van der Waals surface area contributed by atoms with Gasteiger partial charge in [0.1, 0.15) is 12.0 Å². The Hall–Kier alpha value is -2.43. The van der Waals surface area contributed by atoms with Crippen LogP contribution in [0.15, 0.2) is 30.6 Å². The summed E-state index contributed by atoms with van der Waals surface area (Å²) in [6, 6.07) is 7.26. The summed E-state index contributed by atoms with van der Waals surface area (Å²) in [6.45, 7) is 3.96. The van der Waals surface area contributed by atoms with Crippen LogP contribution in [0.5, 0.6) is 5.88 Å². The Morgan fingerprint density at radius 2 is 2.05 bits per heavy atom. The van der Waals surface area contributed by atoms with Crippen molar-refractivity contribution in [1.82, 2.24) is 9.97 Å². The summed E-state index contributed by atoms with van der Waals surface area (Å²) >= 11 is 0. The fraction of sp³-hybridized carbons (Fsp3) is 0.214. The van der Waals surface area contributed by atoms with E-state index >= 15 is 0 Å². The largest absolute Gasteiger partial charge is 0.481 e. The topological polar surface area (TPSA) is 64.1 Å². The molecule has 1 aromatic heterocycles. The van der Waals surface area contributed by atoms with Gasteiger partial charge in [0.15, 0.2) is 0 Å². The molecule has 0 atom stereocenters. The Balaban J connectivity index is 2.23. The molecule has 1 heterocycles. The summed E-state index contributed by atoms with van der Waals surface area (Å²) < 4.78 is 4.97. The molecule has 0 bridgehead atoms. The summed E-state index contributed by atoms with van der Waals surface area (Å²) in [5, 5.41) is 2.83. The molecule has 0 saturated carbocycles.